The van der Waals surface area contributed by atoms with Gasteiger partial charge in [-0.15, -0.1) is 0 Å². The highest BCUT2D eigenvalue weighted by Gasteiger charge is 2.56. The molecule has 2 aromatic rings. The van der Waals surface area contributed by atoms with Crippen molar-refractivity contribution >= 4 is 23.9 Å². The monoisotopic (exact) mass is 584 g/mol. The minimum atomic E-state index is -2.74. The molecule has 0 radical (unpaired) electrons. The van der Waals surface area contributed by atoms with Crippen LogP contribution in [0, 0.1) is 0 Å². The molecule has 5 rings (SSSR count). The lowest BCUT2D eigenvalue weighted by molar-refractivity contribution is -0.956. The summed E-state index contributed by atoms with van der Waals surface area (Å²) in [6, 6.07) is 19.6. The molecule has 11 nitrogen and oxygen atoms in total. The number of carboxylic acid groups (broad SMARTS) is 3. The summed E-state index contributed by atoms with van der Waals surface area (Å²) in [5.74, 6) is -5.57. The van der Waals surface area contributed by atoms with Crippen LogP contribution in [0.4, 0.5) is 0 Å². The number of benzene rings is 2. The number of aliphatic hydroxyl groups is 2. The SMILES string of the molecule is O=C(O)CC(O)(CC(=O)O)C(=O)O.O=C(OC1CC2CCC(C1)[N+]21CCCC1)C(O)(c1ccccc1)c1ccccc1. The van der Waals surface area contributed by atoms with Crippen molar-refractivity contribution in [2.75, 3.05) is 13.1 Å². The number of esters is 1. The predicted octanol–water partition coefficient (Wildman–Crippen LogP) is 2.52. The standard InChI is InChI=1S/C25H30NO3.C6H8O7/c27-24(25(28,19-9-3-1-4-10-19)20-11-5-2-6-12-20)29-23-17-21-13-14-22(18-23)26(21)15-7-8-16-26;7-3(8)1-6(13,5(11)12)2-4(9)10/h1-6,9-12,21-23,28H,7-8,13-18H2;13H,1-2H2,(H,7,8)(H,9,10)(H,11,12)/q+1;. The predicted molar refractivity (Wildman–Crippen MR) is 148 cm³/mol. The quantitative estimate of drug-likeness (QED) is 0.217. The van der Waals surface area contributed by atoms with Crippen LogP contribution in [0.15, 0.2) is 60.7 Å². The van der Waals surface area contributed by atoms with E-state index < -0.39 is 47.9 Å². The fraction of sp³-hybridized carbons (Fsp3) is 0.484. The third-order valence-electron chi connectivity index (χ3n) is 8.99. The molecule has 3 aliphatic heterocycles. The van der Waals surface area contributed by atoms with Gasteiger partial charge in [0.25, 0.3) is 0 Å². The second-order valence-corrected chi connectivity index (χ2v) is 11.6. The summed E-state index contributed by atoms with van der Waals surface area (Å²) in [5.41, 5.74) is -3.41. The Hall–Kier alpha value is -3.80. The van der Waals surface area contributed by atoms with E-state index in [2.05, 4.69) is 0 Å². The molecule has 2 atom stereocenters. The van der Waals surface area contributed by atoms with E-state index in [-0.39, 0.29) is 6.10 Å². The van der Waals surface area contributed by atoms with Crippen molar-refractivity contribution < 1.29 is 53.9 Å². The van der Waals surface area contributed by atoms with E-state index in [0.717, 1.165) is 12.8 Å². The van der Waals surface area contributed by atoms with Crippen LogP contribution in [-0.4, -0.2) is 90.8 Å². The normalized spacial score (nSPS) is 22.6. The van der Waals surface area contributed by atoms with Crippen LogP contribution >= 0.6 is 0 Å². The molecule has 2 aromatic carbocycles. The summed E-state index contributed by atoms with van der Waals surface area (Å²) in [5, 5.41) is 45.4. The van der Waals surface area contributed by atoms with Crippen LogP contribution < -0.4 is 0 Å². The van der Waals surface area contributed by atoms with Crippen LogP contribution in [-0.2, 0) is 29.5 Å². The number of hydrogen-bond acceptors (Lipinski definition) is 7. The number of carbonyl (C=O) groups excluding carboxylic acids is 1. The molecular formula is C31H38NO10+. The highest BCUT2D eigenvalue weighted by molar-refractivity contribution is 5.88. The minimum Gasteiger partial charge on any atom is -0.481 e. The van der Waals surface area contributed by atoms with Crippen LogP contribution in [0.25, 0.3) is 0 Å². The Morgan fingerprint density at radius 3 is 1.55 bits per heavy atom. The Kier molecular flexibility index (Phi) is 9.34. The first-order valence-electron chi connectivity index (χ1n) is 14.2. The van der Waals surface area contributed by atoms with Gasteiger partial charge in [0, 0.05) is 38.5 Å². The van der Waals surface area contributed by atoms with Crippen molar-refractivity contribution in [3.8, 4) is 0 Å². The Morgan fingerprint density at radius 1 is 0.738 bits per heavy atom. The van der Waals surface area contributed by atoms with Gasteiger partial charge < -0.3 is 34.8 Å². The molecule has 5 N–H and O–H groups in total. The molecule has 42 heavy (non-hydrogen) atoms. The van der Waals surface area contributed by atoms with Gasteiger partial charge in [-0.05, 0) is 11.1 Å². The topological polar surface area (TPSA) is 179 Å². The molecule has 11 heteroatoms. The van der Waals surface area contributed by atoms with Gasteiger partial charge in [-0.1, -0.05) is 60.7 Å². The number of ether oxygens (including phenoxy) is 1. The number of piperidine rings is 1. The lowest BCUT2D eigenvalue weighted by Crippen LogP contribution is -2.60. The average Bonchev–Trinajstić information content (AvgIpc) is 3.49. The summed E-state index contributed by atoms with van der Waals surface area (Å²) in [6.07, 6.45) is 4.65. The number of rotatable bonds is 9. The Morgan fingerprint density at radius 2 is 1.17 bits per heavy atom. The number of hydrogen-bond donors (Lipinski definition) is 5. The summed E-state index contributed by atoms with van der Waals surface area (Å²) in [6.45, 7) is 2.60. The van der Waals surface area contributed by atoms with Crippen LogP contribution in [0.5, 0.6) is 0 Å². The molecular weight excluding hydrogens is 546 g/mol. The molecule has 0 aliphatic carbocycles. The number of carboxylic acids is 3. The molecule has 3 heterocycles. The summed E-state index contributed by atoms with van der Waals surface area (Å²) in [7, 11) is 0. The van der Waals surface area contributed by atoms with Crippen molar-refractivity contribution in [2.45, 2.75) is 80.8 Å². The van der Waals surface area contributed by atoms with Gasteiger partial charge in [0.1, 0.15) is 6.10 Å². The molecule has 0 amide bonds. The van der Waals surface area contributed by atoms with E-state index in [1.807, 2.05) is 36.4 Å². The summed E-state index contributed by atoms with van der Waals surface area (Å²) in [4.78, 5) is 43.9. The summed E-state index contributed by atoms with van der Waals surface area (Å²) < 4.78 is 7.32. The lowest BCUT2D eigenvalue weighted by atomic mass is 9.86. The first-order valence-corrected chi connectivity index (χ1v) is 14.2. The van der Waals surface area contributed by atoms with Gasteiger partial charge >= 0.3 is 23.9 Å². The van der Waals surface area contributed by atoms with Crippen molar-refractivity contribution in [1.29, 1.82) is 0 Å². The first-order chi connectivity index (χ1) is 19.9. The van der Waals surface area contributed by atoms with Crippen molar-refractivity contribution in [3.05, 3.63) is 71.8 Å². The fourth-order valence-corrected chi connectivity index (χ4v) is 7.02. The van der Waals surface area contributed by atoms with E-state index in [1.54, 1.807) is 24.3 Å². The van der Waals surface area contributed by atoms with Crippen LogP contribution in [0.3, 0.4) is 0 Å². The highest BCUT2D eigenvalue weighted by Crippen LogP contribution is 2.46. The van der Waals surface area contributed by atoms with E-state index in [9.17, 15) is 24.3 Å². The third kappa shape index (κ3) is 6.33. The maximum Gasteiger partial charge on any atom is 0.347 e. The zero-order valence-electron chi connectivity index (χ0n) is 23.3. The third-order valence-corrected chi connectivity index (χ3v) is 8.99. The van der Waals surface area contributed by atoms with E-state index >= 15 is 0 Å². The van der Waals surface area contributed by atoms with E-state index in [1.165, 1.54) is 43.3 Å². The van der Waals surface area contributed by atoms with Gasteiger partial charge in [0.15, 0.2) is 5.60 Å². The molecule has 2 bridgehead atoms. The van der Waals surface area contributed by atoms with Gasteiger partial charge in [0.05, 0.1) is 38.0 Å². The fourth-order valence-electron chi connectivity index (χ4n) is 7.02. The Bertz CT molecular complexity index is 1200. The van der Waals surface area contributed by atoms with Gasteiger partial charge in [-0.3, -0.25) is 9.59 Å². The number of nitrogens with zero attached hydrogens (tertiary/aromatic N) is 1. The van der Waals surface area contributed by atoms with Gasteiger partial charge in [0.2, 0.25) is 5.60 Å². The smallest absolute Gasteiger partial charge is 0.347 e. The Labute approximate surface area is 243 Å². The number of quaternary nitrogens is 1. The molecule has 3 saturated heterocycles. The zero-order chi connectivity index (χ0) is 30.5. The maximum absolute atomic E-state index is 13.4. The zero-order valence-corrected chi connectivity index (χ0v) is 23.3. The largest absolute Gasteiger partial charge is 0.481 e. The van der Waals surface area contributed by atoms with Crippen molar-refractivity contribution in [1.82, 2.24) is 0 Å². The molecule has 0 aromatic heterocycles. The van der Waals surface area contributed by atoms with Gasteiger partial charge in [-0.2, -0.15) is 0 Å². The molecule has 3 aliphatic rings. The first kappa shape index (κ1) is 31.1. The minimum absolute atomic E-state index is 0.0942. The van der Waals surface area contributed by atoms with Crippen molar-refractivity contribution in [3.63, 3.8) is 0 Å². The van der Waals surface area contributed by atoms with E-state index in [4.69, 9.17) is 25.2 Å². The molecule has 0 saturated carbocycles. The molecule has 3 fully saturated rings. The molecule has 226 valence electrons. The number of aliphatic carboxylic acids is 3. The second kappa shape index (κ2) is 12.6. The summed E-state index contributed by atoms with van der Waals surface area (Å²) >= 11 is 0. The van der Waals surface area contributed by atoms with E-state index in [0.29, 0.717) is 23.2 Å². The maximum atomic E-state index is 13.4. The molecule has 1 spiro atoms. The highest BCUT2D eigenvalue weighted by atomic mass is 16.6. The molecule has 2 unspecified atom stereocenters. The number of carbonyl (C=O) groups is 4. The lowest BCUT2D eigenvalue weighted by Gasteiger charge is -2.47. The van der Waals surface area contributed by atoms with Crippen molar-refractivity contribution in [2.24, 2.45) is 0 Å². The second-order valence-electron chi connectivity index (χ2n) is 11.6. The van der Waals surface area contributed by atoms with Gasteiger partial charge in [-0.25, -0.2) is 9.59 Å². The van der Waals surface area contributed by atoms with Crippen LogP contribution in [0.2, 0.25) is 0 Å². The van der Waals surface area contributed by atoms with Crippen LogP contribution in [0.1, 0.15) is 62.5 Å². The Balaban J connectivity index is 0.000000266. The average molecular weight is 585 g/mol.